The molecule has 4 aliphatic rings. The molecule has 2 aromatic rings. The van der Waals surface area contributed by atoms with Gasteiger partial charge < -0.3 is 19.4 Å². The zero-order valence-electron chi connectivity index (χ0n) is 22.6. The first-order chi connectivity index (χ1) is 17.6. The Hall–Kier alpha value is -1.79. The predicted molar refractivity (Wildman–Crippen MR) is 157 cm³/mol. The summed E-state index contributed by atoms with van der Waals surface area (Å²) in [6, 6.07) is 19.3. The molecule has 1 spiro atoms. The van der Waals surface area contributed by atoms with Crippen LogP contribution in [0.5, 0.6) is 5.75 Å². The number of halogens is 2. The van der Waals surface area contributed by atoms with Gasteiger partial charge in [0.1, 0.15) is 5.75 Å². The minimum absolute atomic E-state index is 0. The van der Waals surface area contributed by atoms with Crippen LogP contribution in [0.1, 0.15) is 49.1 Å². The standard InChI is InChI=1S/C31H41N3O2.2ClH/c1-36-28-11-9-25(10-12-28)20-34-18-15-31(30(34)35)13-16-32(17-14-31)21-27-22-33(19-24-7-8-24)23-29(27)26-5-3-2-4-6-26;;/h2-6,9-12,24,27,29H,7-8,13-23H2,1H3;2*1H/t27-,29+;;/m0../s1. The summed E-state index contributed by atoms with van der Waals surface area (Å²) in [4.78, 5) is 21.0. The highest BCUT2D eigenvalue weighted by Gasteiger charge is 2.48. The number of methoxy groups -OCH3 is 1. The van der Waals surface area contributed by atoms with Crippen LogP contribution in [0.2, 0.25) is 0 Å². The molecule has 3 saturated heterocycles. The number of amides is 1. The number of carbonyl (C=O) groups excluding carboxylic acids is 1. The Bertz CT molecular complexity index is 1040. The molecular formula is C31H43Cl2N3O2. The van der Waals surface area contributed by atoms with E-state index < -0.39 is 0 Å². The van der Waals surface area contributed by atoms with Crippen molar-refractivity contribution in [3.05, 3.63) is 65.7 Å². The molecule has 3 heterocycles. The van der Waals surface area contributed by atoms with Gasteiger partial charge in [-0.1, -0.05) is 42.5 Å². The van der Waals surface area contributed by atoms with Crippen LogP contribution in [-0.2, 0) is 11.3 Å². The third-order valence-corrected chi connectivity index (χ3v) is 9.40. The number of benzene rings is 2. The third-order valence-electron chi connectivity index (χ3n) is 9.40. The average Bonchev–Trinajstić information content (AvgIpc) is 3.58. The van der Waals surface area contributed by atoms with E-state index in [9.17, 15) is 4.79 Å². The van der Waals surface area contributed by atoms with Gasteiger partial charge in [0.25, 0.3) is 0 Å². The van der Waals surface area contributed by atoms with Gasteiger partial charge in [-0.05, 0) is 80.3 Å². The number of carbonyl (C=O) groups is 1. The molecule has 1 amide bonds. The molecular weight excluding hydrogens is 517 g/mol. The lowest BCUT2D eigenvalue weighted by Gasteiger charge is -2.39. The summed E-state index contributed by atoms with van der Waals surface area (Å²) in [6.45, 7) is 8.62. The fourth-order valence-electron chi connectivity index (χ4n) is 6.99. The van der Waals surface area contributed by atoms with Gasteiger partial charge >= 0.3 is 0 Å². The second-order valence-electron chi connectivity index (χ2n) is 11.8. The lowest BCUT2D eigenvalue weighted by atomic mass is 9.76. The van der Waals surface area contributed by atoms with E-state index in [1.165, 1.54) is 50.1 Å². The summed E-state index contributed by atoms with van der Waals surface area (Å²) in [5, 5.41) is 0. The fourth-order valence-corrected chi connectivity index (χ4v) is 6.99. The van der Waals surface area contributed by atoms with Gasteiger partial charge in [0.15, 0.2) is 0 Å². The predicted octanol–water partition coefficient (Wildman–Crippen LogP) is 5.48. The number of likely N-dealkylation sites (tertiary alicyclic amines) is 3. The molecule has 2 aromatic carbocycles. The van der Waals surface area contributed by atoms with Crippen molar-refractivity contribution in [2.45, 2.75) is 44.6 Å². The molecule has 5 nitrogen and oxygen atoms in total. The molecule has 3 aliphatic heterocycles. The van der Waals surface area contributed by atoms with Crippen molar-refractivity contribution in [2.24, 2.45) is 17.3 Å². The molecule has 0 unspecified atom stereocenters. The molecule has 38 heavy (non-hydrogen) atoms. The minimum Gasteiger partial charge on any atom is -0.497 e. The summed E-state index contributed by atoms with van der Waals surface area (Å²) < 4.78 is 5.28. The Morgan fingerprint density at radius 3 is 2.18 bits per heavy atom. The van der Waals surface area contributed by atoms with Gasteiger partial charge in [0.05, 0.1) is 12.5 Å². The van der Waals surface area contributed by atoms with Crippen LogP contribution < -0.4 is 4.74 Å². The smallest absolute Gasteiger partial charge is 0.229 e. The molecule has 208 valence electrons. The van der Waals surface area contributed by atoms with Gasteiger partial charge in [-0.15, -0.1) is 24.8 Å². The second-order valence-corrected chi connectivity index (χ2v) is 11.8. The van der Waals surface area contributed by atoms with Crippen molar-refractivity contribution >= 4 is 30.7 Å². The molecule has 1 saturated carbocycles. The number of rotatable bonds is 8. The summed E-state index contributed by atoms with van der Waals surface area (Å²) in [5.41, 5.74) is 2.56. The first-order valence-electron chi connectivity index (χ1n) is 14.0. The average molecular weight is 561 g/mol. The zero-order chi connectivity index (χ0) is 24.5. The Balaban J connectivity index is 0.00000168. The van der Waals surface area contributed by atoms with Crippen LogP contribution in [0.15, 0.2) is 54.6 Å². The van der Waals surface area contributed by atoms with Crippen molar-refractivity contribution in [2.75, 3.05) is 52.9 Å². The zero-order valence-corrected chi connectivity index (χ0v) is 24.2. The van der Waals surface area contributed by atoms with Gasteiger partial charge in [-0.3, -0.25) is 4.79 Å². The highest BCUT2D eigenvalue weighted by molar-refractivity contribution is 5.86. The molecule has 2 atom stereocenters. The highest BCUT2D eigenvalue weighted by atomic mass is 35.5. The summed E-state index contributed by atoms with van der Waals surface area (Å²) in [7, 11) is 1.69. The topological polar surface area (TPSA) is 36.0 Å². The molecule has 4 fully saturated rings. The molecule has 0 bridgehead atoms. The van der Waals surface area contributed by atoms with Gasteiger partial charge in [-0.2, -0.15) is 0 Å². The first kappa shape index (κ1) is 29.2. The van der Waals surface area contributed by atoms with Crippen LogP contribution in [-0.4, -0.2) is 73.5 Å². The minimum atomic E-state index is -0.129. The summed E-state index contributed by atoms with van der Waals surface area (Å²) in [6.07, 6.45) is 5.89. The van der Waals surface area contributed by atoms with Crippen molar-refractivity contribution in [3.8, 4) is 5.75 Å². The number of ether oxygens (including phenoxy) is 1. The number of nitrogens with zero attached hydrogens (tertiary/aromatic N) is 3. The lowest BCUT2D eigenvalue weighted by molar-refractivity contribution is -0.139. The quantitative estimate of drug-likeness (QED) is 0.429. The normalized spacial score (nSPS) is 25.3. The summed E-state index contributed by atoms with van der Waals surface area (Å²) in [5.74, 6) is 3.52. The maximum Gasteiger partial charge on any atom is 0.229 e. The Labute approximate surface area is 240 Å². The van der Waals surface area contributed by atoms with Crippen LogP contribution in [0.3, 0.4) is 0 Å². The molecule has 7 heteroatoms. The third kappa shape index (κ3) is 6.33. The van der Waals surface area contributed by atoms with E-state index in [0.29, 0.717) is 24.3 Å². The highest BCUT2D eigenvalue weighted by Crippen LogP contribution is 2.43. The van der Waals surface area contributed by atoms with Gasteiger partial charge in [0, 0.05) is 45.2 Å². The van der Waals surface area contributed by atoms with Crippen LogP contribution in [0.25, 0.3) is 0 Å². The maximum absolute atomic E-state index is 13.5. The van der Waals surface area contributed by atoms with E-state index in [0.717, 1.165) is 50.6 Å². The van der Waals surface area contributed by atoms with Crippen molar-refractivity contribution in [1.29, 1.82) is 0 Å². The molecule has 0 radical (unpaired) electrons. The van der Waals surface area contributed by atoms with Crippen molar-refractivity contribution in [1.82, 2.24) is 14.7 Å². The SMILES string of the molecule is COc1ccc(CN2CCC3(CCN(C[C@H]4CN(CC5CC5)C[C@@H]4c4ccccc4)CC3)C2=O)cc1.Cl.Cl. The van der Waals surface area contributed by atoms with E-state index in [1.54, 1.807) is 7.11 Å². The number of hydrogen-bond donors (Lipinski definition) is 0. The monoisotopic (exact) mass is 559 g/mol. The van der Waals surface area contributed by atoms with Gasteiger partial charge in [0.2, 0.25) is 5.91 Å². The molecule has 1 aliphatic carbocycles. The van der Waals surface area contributed by atoms with Crippen LogP contribution in [0, 0.1) is 17.3 Å². The van der Waals surface area contributed by atoms with Crippen molar-refractivity contribution < 1.29 is 9.53 Å². The molecule has 0 N–H and O–H groups in total. The van der Waals surface area contributed by atoms with E-state index in [1.807, 2.05) is 12.1 Å². The Kier molecular flexibility index (Phi) is 9.67. The van der Waals surface area contributed by atoms with E-state index >= 15 is 0 Å². The van der Waals surface area contributed by atoms with E-state index in [4.69, 9.17) is 4.74 Å². The maximum atomic E-state index is 13.5. The van der Waals surface area contributed by atoms with Gasteiger partial charge in [-0.25, -0.2) is 0 Å². The van der Waals surface area contributed by atoms with Crippen LogP contribution >= 0.6 is 24.8 Å². The molecule has 6 rings (SSSR count). The fraction of sp³-hybridized carbons (Fsp3) is 0.581. The number of hydrogen-bond acceptors (Lipinski definition) is 4. The Morgan fingerprint density at radius 1 is 0.842 bits per heavy atom. The van der Waals surface area contributed by atoms with E-state index in [-0.39, 0.29) is 30.2 Å². The molecule has 0 aromatic heterocycles. The van der Waals surface area contributed by atoms with E-state index in [2.05, 4.69) is 57.2 Å². The first-order valence-corrected chi connectivity index (χ1v) is 14.0. The lowest BCUT2D eigenvalue weighted by Crippen LogP contribution is -2.46. The summed E-state index contributed by atoms with van der Waals surface area (Å²) >= 11 is 0. The van der Waals surface area contributed by atoms with Crippen molar-refractivity contribution in [3.63, 3.8) is 0 Å². The van der Waals surface area contributed by atoms with Crippen LogP contribution in [0.4, 0.5) is 0 Å². The largest absolute Gasteiger partial charge is 0.497 e. The number of piperidine rings is 1. The second kappa shape index (κ2) is 12.6. The Morgan fingerprint density at radius 2 is 1.53 bits per heavy atom.